The minimum Gasteiger partial charge on any atom is -0.497 e. The standard InChI is InChI=1S/C22H26N2O5S/c1-28-17-8-10-18(11-9-17)29-19-12-15-23(16-19)13-4-5-14-24-22(25)20-6-2-3-7-21(20)30(24,26)27/h2-3,6-11,19H,4-5,12-16H2,1H3. The number of carbonyl (C=O) groups is 1. The number of carbonyl (C=O) groups excluding carboxylic acids is 1. The first-order valence-electron chi connectivity index (χ1n) is 10.2. The van der Waals surface area contributed by atoms with Gasteiger partial charge >= 0.3 is 0 Å². The molecule has 2 aromatic rings. The number of ether oxygens (including phenoxy) is 2. The Bertz CT molecular complexity index is 1010. The van der Waals surface area contributed by atoms with Crippen molar-refractivity contribution in [2.75, 3.05) is 33.3 Å². The van der Waals surface area contributed by atoms with Crippen molar-refractivity contribution in [3.8, 4) is 11.5 Å². The van der Waals surface area contributed by atoms with Crippen molar-refractivity contribution >= 4 is 15.9 Å². The zero-order valence-electron chi connectivity index (χ0n) is 17.0. The lowest BCUT2D eigenvalue weighted by molar-refractivity contribution is 0.0869. The van der Waals surface area contributed by atoms with Crippen LogP contribution in [0.5, 0.6) is 11.5 Å². The smallest absolute Gasteiger partial charge is 0.269 e. The highest BCUT2D eigenvalue weighted by Gasteiger charge is 2.40. The van der Waals surface area contributed by atoms with Gasteiger partial charge in [0.15, 0.2) is 0 Å². The van der Waals surface area contributed by atoms with Crippen LogP contribution in [0.3, 0.4) is 0 Å². The van der Waals surface area contributed by atoms with E-state index in [4.69, 9.17) is 9.47 Å². The minimum absolute atomic E-state index is 0.119. The first-order valence-corrected chi connectivity index (χ1v) is 11.6. The van der Waals surface area contributed by atoms with Crippen molar-refractivity contribution in [1.82, 2.24) is 9.21 Å². The molecule has 1 saturated heterocycles. The number of sulfonamides is 1. The quantitative estimate of drug-likeness (QED) is 0.600. The summed E-state index contributed by atoms with van der Waals surface area (Å²) in [6.07, 6.45) is 2.57. The van der Waals surface area contributed by atoms with Crippen LogP contribution in [0, 0.1) is 0 Å². The Labute approximate surface area is 177 Å². The predicted octanol–water partition coefficient (Wildman–Crippen LogP) is 2.77. The van der Waals surface area contributed by atoms with E-state index in [1.807, 2.05) is 24.3 Å². The summed E-state index contributed by atoms with van der Waals surface area (Å²) in [6, 6.07) is 14.0. The average Bonchev–Trinajstić information content (AvgIpc) is 3.27. The average molecular weight is 431 g/mol. The van der Waals surface area contributed by atoms with Gasteiger partial charge in [0.05, 0.1) is 12.7 Å². The summed E-state index contributed by atoms with van der Waals surface area (Å²) >= 11 is 0. The molecule has 1 atom stereocenters. The van der Waals surface area contributed by atoms with E-state index in [0.717, 1.165) is 48.3 Å². The second-order valence-corrected chi connectivity index (χ2v) is 9.42. The van der Waals surface area contributed by atoms with E-state index in [1.165, 1.54) is 6.07 Å². The number of likely N-dealkylation sites (tertiary alicyclic amines) is 1. The van der Waals surface area contributed by atoms with Gasteiger partial charge in [-0.2, -0.15) is 0 Å². The van der Waals surface area contributed by atoms with Crippen LogP contribution in [-0.4, -0.2) is 62.9 Å². The molecule has 160 valence electrons. The fraction of sp³-hybridized carbons (Fsp3) is 0.409. The first kappa shape index (κ1) is 20.7. The molecule has 30 heavy (non-hydrogen) atoms. The largest absolute Gasteiger partial charge is 0.497 e. The molecule has 8 heteroatoms. The maximum absolute atomic E-state index is 12.6. The van der Waals surface area contributed by atoms with E-state index < -0.39 is 15.9 Å². The molecule has 0 bridgehead atoms. The molecule has 0 saturated carbocycles. The molecule has 1 amide bonds. The molecule has 0 radical (unpaired) electrons. The zero-order chi connectivity index (χ0) is 21.1. The van der Waals surface area contributed by atoms with Gasteiger partial charge < -0.3 is 9.47 Å². The molecule has 1 unspecified atom stereocenters. The molecule has 2 heterocycles. The Hall–Kier alpha value is -2.58. The number of unbranched alkanes of at least 4 members (excludes halogenated alkanes) is 1. The molecule has 1 fully saturated rings. The summed E-state index contributed by atoms with van der Waals surface area (Å²) in [7, 11) is -2.06. The van der Waals surface area contributed by atoms with Gasteiger partial charge in [-0.25, -0.2) is 12.7 Å². The number of rotatable bonds is 8. The third kappa shape index (κ3) is 4.15. The van der Waals surface area contributed by atoms with Crippen molar-refractivity contribution in [2.24, 2.45) is 0 Å². The monoisotopic (exact) mass is 430 g/mol. The summed E-state index contributed by atoms with van der Waals surface area (Å²) in [4.78, 5) is 14.9. The fourth-order valence-corrected chi connectivity index (χ4v) is 5.59. The summed E-state index contributed by atoms with van der Waals surface area (Å²) < 4.78 is 37.4. The van der Waals surface area contributed by atoms with Crippen molar-refractivity contribution in [1.29, 1.82) is 0 Å². The maximum Gasteiger partial charge on any atom is 0.269 e. The molecule has 0 aromatic heterocycles. The van der Waals surface area contributed by atoms with E-state index in [2.05, 4.69) is 4.90 Å². The summed E-state index contributed by atoms with van der Waals surface area (Å²) in [5.74, 6) is 1.22. The number of hydrogen-bond donors (Lipinski definition) is 0. The molecular weight excluding hydrogens is 404 g/mol. The Morgan fingerprint density at radius 1 is 1.00 bits per heavy atom. The Balaban J connectivity index is 1.22. The molecule has 0 N–H and O–H groups in total. The molecular formula is C22H26N2O5S. The van der Waals surface area contributed by atoms with E-state index in [1.54, 1.807) is 25.3 Å². The first-order chi connectivity index (χ1) is 14.5. The van der Waals surface area contributed by atoms with E-state index in [9.17, 15) is 13.2 Å². The third-order valence-corrected chi connectivity index (χ3v) is 7.43. The van der Waals surface area contributed by atoms with Crippen molar-refractivity contribution in [3.05, 3.63) is 54.1 Å². The normalized spacial score (nSPS) is 20.4. The maximum atomic E-state index is 12.6. The van der Waals surface area contributed by atoms with Crippen molar-refractivity contribution in [2.45, 2.75) is 30.3 Å². The Morgan fingerprint density at radius 2 is 1.70 bits per heavy atom. The van der Waals surface area contributed by atoms with Crippen LogP contribution in [0.15, 0.2) is 53.4 Å². The highest BCUT2D eigenvalue weighted by Crippen LogP contribution is 2.30. The number of benzene rings is 2. The van der Waals surface area contributed by atoms with Gasteiger partial charge in [0.25, 0.3) is 15.9 Å². The summed E-state index contributed by atoms with van der Waals surface area (Å²) in [5, 5.41) is 0. The number of methoxy groups -OCH3 is 1. The molecule has 4 rings (SSSR count). The van der Waals surface area contributed by atoms with Gasteiger partial charge in [-0.3, -0.25) is 9.69 Å². The zero-order valence-corrected chi connectivity index (χ0v) is 17.8. The molecule has 2 aliphatic rings. The van der Waals surface area contributed by atoms with Gasteiger partial charge in [-0.05, 0) is 62.2 Å². The molecule has 2 aliphatic heterocycles. The molecule has 7 nitrogen and oxygen atoms in total. The van der Waals surface area contributed by atoms with Gasteiger partial charge in [0.2, 0.25) is 0 Å². The van der Waals surface area contributed by atoms with Crippen LogP contribution >= 0.6 is 0 Å². The van der Waals surface area contributed by atoms with Gasteiger partial charge in [-0.1, -0.05) is 12.1 Å². The van der Waals surface area contributed by atoms with Crippen LogP contribution in [0.4, 0.5) is 0 Å². The molecule has 0 spiro atoms. The Kier molecular flexibility index (Phi) is 5.97. The van der Waals surface area contributed by atoms with E-state index in [0.29, 0.717) is 6.42 Å². The van der Waals surface area contributed by atoms with Gasteiger partial charge in [-0.15, -0.1) is 0 Å². The van der Waals surface area contributed by atoms with E-state index in [-0.39, 0.29) is 23.1 Å². The lowest BCUT2D eigenvalue weighted by atomic mass is 10.2. The summed E-state index contributed by atoms with van der Waals surface area (Å²) in [6.45, 7) is 2.87. The lowest BCUT2D eigenvalue weighted by Crippen LogP contribution is -2.32. The Morgan fingerprint density at radius 3 is 2.43 bits per heavy atom. The number of amides is 1. The number of nitrogens with zero attached hydrogens (tertiary/aromatic N) is 2. The van der Waals surface area contributed by atoms with Crippen LogP contribution in [-0.2, 0) is 10.0 Å². The highest BCUT2D eigenvalue weighted by atomic mass is 32.2. The lowest BCUT2D eigenvalue weighted by Gasteiger charge is -2.18. The van der Waals surface area contributed by atoms with Crippen LogP contribution < -0.4 is 9.47 Å². The predicted molar refractivity (Wildman–Crippen MR) is 112 cm³/mol. The topological polar surface area (TPSA) is 76.2 Å². The second kappa shape index (κ2) is 8.65. The van der Waals surface area contributed by atoms with Crippen LogP contribution in [0.2, 0.25) is 0 Å². The minimum atomic E-state index is -3.70. The molecule has 2 aromatic carbocycles. The van der Waals surface area contributed by atoms with Gasteiger partial charge in [0, 0.05) is 19.6 Å². The third-order valence-electron chi connectivity index (χ3n) is 5.59. The van der Waals surface area contributed by atoms with Crippen molar-refractivity contribution in [3.63, 3.8) is 0 Å². The molecule has 0 aliphatic carbocycles. The summed E-state index contributed by atoms with van der Waals surface area (Å²) in [5.41, 5.74) is 0.274. The van der Waals surface area contributed by atoms with Crippen molar-refractivity contribution < 1.29 is 22.7 Å². The highest BCUT2D eigenvalue weighted by molar-refractivity contribution is 7.90. The van der Waals surface area contributed by atoms with Crippen LogP contribution in [0.25, 0.3) is 0 Å². The number of fused-ring (bicyclic) bond motifs is 1. The fourth-order valence-electron chi connectivity index (χ4n) is 3.99. The second-order valence-electron chi connectivity index (χ2n) is 7.59. The van der Waals surface area contributed by atoms with Gasteiger partial charge in [0.1, 0.15) is 22.5 Å². The number of hydrogen-bond acceptors (Lipinski definition) is 6. The van der Waals surface area contributed by atoms with E-state index >= 15 is 0 Å². The SMILES string of the molecule is COc1ccc(OC2CCN(CCCCN3C(=O)c4ccccc4S3(=O)=O)C2)cc1. The van der Waals surface area contributed by atoms with Crippen LogP contribution in [0.1, 0.15) is 29.6 Å².